The molecule has 0 aromatic heterocycles. The van der Waals surface area contributed by atoms with E-state index in [0.29, 0.717) is 12.8 Å². The number of hydrogen-bond donors (Lipinski definition) is 2. The first-order valence-corrected chi connectivity index (χ1v) is 4.58. The third kappa shape index (κ3) is 1.26. The van der Waals surface area contributed by atoms with Crippen LogP contribution < -0.4 is 5.73 Å². The van der Waals surface area contributed by atoms with Crippen molar-refractivity contribution in [2.24, 2.45) is 23.5 Å². The number of fused-ring (bicyclic) bond motifs is 2. The van der Waals surface area contributed by atoms with E-state index in [2.05, 4.69) is 0 Å². The van der Waals surface area contributed by atoms with Gasteiger partial charge in [0.1, 0.15) is 0 Å². The van der Waals surface area contributed by atoms with Crippen molar-refractivity contribution < 1.29 is 18.3 Å². The summed E-state index contributed by atoms with van der Waals surface area (Å²) < 4.78 is 37.2. The van der Waals surface area contributed by atoms with Crippen molar-refractivity contribution in [2.75, 3.05) is 0 Å². The lowest BCUT2D eigenvalue weighted by Crippen LogP contribution is -2.59. The summed E-state index contributed by atoms with van der Waals surface area (Å²) in [6.07, 6.45) is -0.0556. The summed E-state index contributed by atoms with van der Waals surface area (Å²) >= 11 is 0. The van der Waals surface area contributed by atoms with Gasteiger partial charge in [0.15, 0.2) is 0 Å². The normalized spacial score (nSPS) is 40.2. The van der Waals surface area contributed by atoms with Crippen molar-refractivity contribution in [3.8, 4) is 0 Å². The molecule has 0 amide bonds. The highest BCUT2D eigenvalue weighted by Gasteiger charge is 2.60. The zero-order valence-corrected chi connectivity index (χ0v) is 7.46. The van der Waals surface area contributed by atoms with Crippen LogP contribution in [0, 0.1) is 17.8 Å². The molecule has 2 bridgehead atoms. The predicted octanol–water partition coefficient (Wildman–Crippen LogP) is 1.41. The monoisotopic (exact) mass is 207 g/mol. The molecule has 0 heterocycles. The van der Waals surface area contributed by atoms with Gasteiger partial charge in [0.2, 0.25) is 5.72 Å². The Morgan fingerprint density at radius 1 is 1.21 bits per heavy atom. The van der Waals surface area contributed by atoms with Crippen molar-refractivity contribution in [1.29, 1.82) is 0 Å². The minimum Gasteiger partial charge on any atom is -0.368 e. The summed E-state index contributed by atoms with van der Waals surface area (Å²) in [5, 5.41) is 9.29. The largest absolute Gasteiger partial charge is 0.431 e. The molecule has 0 aromatic rings. The summed E-state index contributed by atoms with van der Waals surface area (Å²) in [4.78, 5) is 0. The maximum absolute atomic E-state index is 12.4. The standard InChI is InChI=1S/C9H12F3NO/c10-9(11,12)8(13,14)7-4-5-1-2-6(7)3-5/h1-2,5-7,14H,3-4,13H2. The molecule has 4 unspecified atom stereocenters. The molecule has 4 atom stereocenters. The van der Waals surface area contributed by atoms with Crippen molar-refractivity contribution in [1.82, 2.24) is 0 Å². The second-order valence-corrected chi connectivity index (χ2v) is 4.21. The highest BCUT2D eigenvalue weighted by atomic mass is 19.4. The fourth-order valence-electron chi connectivity index (χ4n) is 2.50. The summed E-state index contributed by atoms with van der Waals surface area (Å²) in [5.41, 5.74) is 1.95. The third-order valence-electron chi connectivity index (χ3n) is 3.30. The zero-order chi connectivity index (χ0) is 10.6. The lowest BCUT2D eigenvalue weighted by molar-refractivity contribution is -0.280. The molecule has 0 aromatic carbocycles. The van der Waals surface area contributed by atoms with Gasteiger partial charge in [0.25, 0.3) is 0 Å². The van der Waals surface area contributed by atoms with Gasteiger partial charge in [0.05, 0.1) is 0 Å². The van der Waals surface area contributed by atoms with Crippen molar-refractivity contribution >= 4 is 0 Å². The van der Waals surface area contributed by atoms with Gasteiger partial charge in [-0.05, 0) is 24.7 Å². The summed E-state index contributed by atoms with van der Waals surface area (Å²) in [6, 6.07) is 0. The number of nitrogens with two attached hydrogens (primary N) is 1. The zero-order valence-electron chi connectivity index (χ0n) is 7.46. The van der Waals surface area contributed by atoms with Crippen LogP contribution in [0.25, 0.3) is 0 Å². The number of rotatable bonds is 1. The lowest BCUT2D eigenvalue weighted by Gasteiger charge is -2.35. The van der Waals surface area contributed by atoms with Crippen LogP contribution >= 0.6 is 0 Å². The van der Waals surface area contributed by atoms with Gasteiger partial charge in [-0.1, -0.05) is 12.2 Å². The molecule has 80 valence electrons. The van der Waals surface area contributed by atoms with E-state index in [9.17, 15) is 18.3 Å². The van der Waals surface area contributed by atoms with Gasteiger partial charge >= 0.3 is 6.18 Å². The molecule has 0 radical (unpaired) electrons. The first kappa shape index (κ1) is 9.98. The Morgan fingerprint density at radius 3 is 2.21 bits per heavy atom. The Morgan fingerprint density at radius 2 is 1.86 bits per heavy atom. The van der Waals surface area contributed by atoms with E-state index in [4.69, 9.17) is 5.73 Å². The molecular formula is C9H12F3NO. The number of hydrogen-bond acceptors (Lipinski definition) is 2. The highest BCUT2D eigenvalue weighted by Crippen LogP contribution is 2.50. The molecule has 2 rings (SSSR count). The van der Waals surface area contributed by atoms with Gasteiger partial charge in [-0.2, -0.15) is 13.2 Å². The van der Waals surface area contributed by atoms with E-state index in [1.165, 1.54) is 0 Å². The van der Waals surface area contributed by atoms with E-state index in [0.717, 1.165) is 0 Å². The van der Waals surface area contributed by atoms with E-state index in [1.807, 2.05) is 6.08 Å². The second-order valence-electron chi connectivity index (χ2n) is 4.21. The van der Waals surface area contributed by atoms with Crippen LogP contribution in [0.3, 0.4) is 0 Å². The summed E-state index contributed by atoms with van der Waals surface area (Å²) in [6.45, 7) is 0. The molecule has 2 aliphatic rings. The lowest BCUT2D eigenvalue weighted by atomic mass is 9.84. The third-order valence-corrected chi connectivity index (χ3v) is 3.30. The minimum atomic E-state index is -4.74. The molecule has 1 fully saturated rings. The Bertz CT molecular complexity index is 272. The highest BCUT2D eigenvalue weighted by molar-refractivity contribution is 5.14. The molecular weight excluding hydrogens is 195 g/mol. The van der Waals surface area contributed by atoms with E-state index in [1.54, 1.807) is 6.08 Å². The maximum Gasteiger partial charge on any atom is 0.431 e. The fourth-order valence-corrected chi connectivity index (χ4v) is 2.50. The average molecular weight is 207 g/mol. The number of allylic oxidation sites excluding steroid dienone is 2. The van der Waals surface area contributed by atoms with E-state index < -0.39 is 17.8 Å². The Kier molecular flexibility index (Phi) is 1.95. The van der Waals surface area contributed by atoms with Crippen LogP contribution in [0.4, 0.5) is 13.2 Å². The van der Waals surface area contributed by atoms with Crippen LogP contribution in [0.5, 0.6) is 0 Å². The van der Waals surface area contributed by atoms with Gasteiger partial charge in [-0.15, -0.1) is 0 Å². The summed E-state index contributed by atoms with van der Waals surface area (Å²) in [7, 11) is 0. The smallest absolute Gasteiger partial charge is 0.368 e. The van der Waals surface area contributed by atoms with E-state index >= 15 is 0 Å². The van der Waals surface area contributed by atoms with Gasteiger partial charge in [0, 0.05) is 5.92 Å². The van der Waals surface area contributed by atoms with Gasteiger partial charge in [-0.25, -0.2) is 0 Å². The number of halogens is 3. The second kappa shape index (κ2) is 2.73. The number of alkyl halides is 3. The molecule has 0 saturated heterocycles. The molecule has 0 aliphatic heterocycles. The van der Waals surface area contributed by atoms with Crippen LogP contribution in [0.2, 0.25) is 0 Å². The Labute approximate surface area is 79.6 Å². The SMILES string of the molecule is NC(O)(C1CC2C=CC1C2)C(F)(F)F. The van der Waals surface area contributed by atoms with Gasteiger partial charge in [-0.3, -0.25) is 5.73 Å². The summed E-state index contributed by atoms with van der Waals surface area (Å²) in [5.74, 6) is -0.920. The van der Waals surface area contributed by atoms with Crippen LogP contribution in [-0.2, 0) is 0 Å². The van der Waals surface area contributed by atoms with Crippen LogP contribution in [-0.4, -0.2) is 17.0 Å². The molecule has 2 aliphatic carbocycles. The minimum absolute atomic E-state index is 0.169. The molecule has 3 N–H and O–H groups in total. The molecule has 14 heavy (non-hydrogen) atoms. The van der Waals surface area contributed by atoms with Crippen molar-refractivity contribution in [2.45, 2.75) is 24.7 Å². The fraction of sp³-hybridized carbons (Fsp3) is 0.778. The maximum atomic E-state index is 12.4. The average Bonchev–Trinajstić information content (AvgIpc) is 2.61. The van der Waals surface area contributed by atoms with Crippen LogP contribution in [0.1, 0.15) is 12.8 Å². The first-order valence-electron chi connectivity index (χ1n) is 4.58. The Hall–Kier alpha value is -0.550. The molecule has 5 heteroatoms. The van der Waals surface area contributed by atoms with Crippen molar-refractivity contribution in [3.63, 3.8) is 0 Å². The van der Waals surface area contributed by atoms with Gasteiger partial charge < -0.3 is 5.11 Å². The van der Waals surface area contributed by atoms with Crippen molar-refractivity contribution in [3.05, 3.63) is 12.2 Å². The van der Waals surface area contributed by atoms with E-state index in [-0.39, 0.29) is 11.8 Å². The topological polar surface area (TPSA) is 46.2 Å². The molecule has 0 spiro atoms. The number of aliphatic hydroxyl groups is 1. The predicted molar refractivity (Wildman–Crippen MR) is 44.0 cm³/mol. The quantitative estimate of drug-likeness (QED) is 0.504. The first-order chi connectivity index (χ1) is 6.32. The molecule has 2 nitrogen and oxygen atoms in total. The van der Waals surface area contributed by atoms with Crippen LogP contribution in [0.15, 0.2) is 12.2 Å². The Balaban J connectivity index is 2.20. The molecule has 1 saturated carbocycles.